The molecule has 5 heteroatoms. The number of carbonyl (C=O) groups is 2. The number of hydrogen-bond acceptors (Lipinski definition) is 5. The van der Waals surface area contributed by atoms with Crippen molar-refractivity contribution in [2.75, 3.05) is 32.3 Å². The average molecular weight is 275 g/mol. The second-order valence-corrected chi connectivity index (χ2v) is 5.61. The van der Waals surface area contributed by atoms with Gasteiger partial charge in [-0.25, -0.2) is 0 Å². The molecule has 0 aromatic carbocycles. The van der Waals surface area contributed by atoms with Crippen LogP contribution in [0.4, 0.5) is 0 Å². The summed E-state index contributed by atoms with van der Waals surface area (Å²) < 4.78 is 4.96. The summed E-state index contributed by atoms with van der Waals surface area (Å²) >= 11 is 1.76. The molecular formula is C13H25NO3S. The Kier molecular flexibility index (Phi) is 10.3. The first-order valence-electron chi connectivity index (χ1n) is 6.30. The van der Waals surface area contributed by atoms with Gasteiger partial charge in [-0.05, 0) is 33.1 Å². The van der Waals surface area contributed by atoms with Crippen molar-refractivity contribution in [2.45, 2.75) is 32.7 Å². The molecule has 0 fully saturated rings. The standard InChI is InChI=1S/C13H25NO3S/c1-10(14-3)13(16)9-12(11(2)15)5-7-18-8-6-17-4/h10,12,14H,5-9H2,1-4H3/t10-,12?/m0/s1. The zero-order valence-corrected chi connectivity index (χ0v) is 12.6. The summed E-state index contributed by atoms with van der Waals surface area (Å²) in [6.07, 6.45) is 1.12. The minimum absolute atomic E-state index is 0.110. The van der Waals surface area contributed by atoms with E-state index in [1.165, 1.54) is 0 Å². The van der Waals surface area contributed by atoms with Crippen molar-refractivity contribution in [3.8, 4) is 0 Å². The summed E-state index contributed by atoms with van der Waals surface area (Å²) in [6, 6.07) is -0.173. The predicted octanol–water partition coefficient (Wildman–Crippen LogP) is 1.53. The van der Waals surface area contributed by atoms with Gasteiger partial charge in [0.1, 0.15) is 11.6 Å². The SMILES string of the molecule is CN[C@@H](C)C(=O)CC(CCSCCOC)C(C)=O. The number of methoxy groups -OCH3 is 1. The van der Waals surface area contributed by atoms with Crippen LogP contribution in [0.3, 0.4) is 0 Å². The van der Waals surface area contributed by atoms with Gasteiger partial charge in [0.2, 0.25) is 0 Å². The Morgan fingerprint density at radius 1 is 1.33 bits per heavy atom. The first-order valence-corrected chi connectivity index (χ1v) is 7.45. The predicted molar refractivity (Wildman–Crippen MR) is 76.1 cm³/mol. The summed E-state index contributed by atoms with van der Waals surface area (Å²) in [5.41, 5.74) is 0. The molecule has 0 spiro atoms. The smallest absolute Gasteiger partial charge is 0.150 e. The van der Waals surface area contributed by atoms with Gasteiger partial charge in [0.15, 0.2) is 0 Å². The van der Waals surface area contributed by atoms with Crippen LogP contribution in [0.2, 0.25) is 0 Å². The van der Waals surface area contributed by atoms with Crippen molar-refractivity contribution in [3.05, 3.63) is 0 Å². The third-order valence-corrected chi connectivity index (χ3v) is 3.96. The van der Waals surface area contributed by atoms with E-state index in [9.17, 15) is 9.59 Å². The van der Waals surface area contributed by atoms with E-state index in [2.05, 4.69) is 5.32 Å². The second kappa shape index (κ2) is 10.5. The lowest BCUT2D eigenvalue weighted by atomic mass is 9.93. The number of rotatable bonds is 11. The Hall–Kier alpha value is -0.390. The summed E-state index contributed by atoms with van der Waals surface area (Å²) in [5, 5.41) is 2.91. The van der Waals surface area contributed by atoms with Crippen LogP contribution in [0.15, 0.2) is 0 Å². The van der Waals surface area contributed by atoms with Gasteiger partial charge in [-0.2, -0.15) is 11.8 Å². The molecule has 0 aliphatic rings. The van der Waals surface area contributed by atoms with Crippen molar-refractivity contribution in [3.63, 3.8) is 0 Å². The molecule has 0 saturated carbocycles. The van der Waals surface area contributed by atoms with Gasteiger partial charge in [-0.15, -0.1) is 0 Å². The summed E-state index contributed by atoms with van der Waals surface area (Å²) in [5.74, 6) is 1.92. The van der Waals surface area contributed by atoms with Crippen LogP contribution in [0, 0.1) is 5.92 Å². The fourth-order valence-corrected chi connectivity index (χ4v) is 2.44. The van der Waals surface area contributed by atoms with E-state index in [1.807, 2.05) is 6.92 Å². The highest BCUT2D eigenvalue weighted by atomic mass is 32.2. The van der Waals surface area contributed by atoms with Gasteiger partial charge in [-0.3, -0.25) is 9.59 Å². The highest BCUT2D eigenvalue weighted by Crippen LogP contribution is 2.16. The Bertz CT molecular complexity index is 259. The van der Waals surface area contributed by atoms with E-state index in [4.69, 9.17) is 4.74 Å². The van der Waals surface area contributed by atoms with Crippen molar-refractivity contribution in [2.24, 2.45) is 5.92 Å². The summed E-state index contributed by atoms with van der Waals surface area (Å²) in [7, 11) is 3.43. The highest BCUT2D eigenvalue weighted by Gasteiger charge is 2.20. The number of Topliss-reactive ketones (excluding diaryl/α,β-unsaturated/α-hetero) is 2. The number of likely N-dealkylation sites (N-methyl/N-ethyl adjacent to an activating group) is 1. The van der Waals surface area contributed by atoms with Crippen LogP contribution in [-0.2, 0) is 14.3 Å². The van der Waals surface area contributed by atoms with E-state index in [1.54, 1.807) is 32.8 Å². The lowest BCUT2D eigenvalue weighted by molar-refractivity contribution is -0.127. The van der Waals surface area contributed by atoms with Crippen LogP contribution < -0.4 is 5.32 Å². The van der Waals surface area contributed by atoms with Crippen LogP contribution >= 0.6 is 11.8 Å². The fourth-order valence-electron chi connectivity index (χ4n) is 1.50. The van der Waals surface area contributed by atoms with Crippen molar-refractivity contribution < 1.29 is 14.3 Å². The van der Waals surface area contributed by atoms with Crippen LogP contribution in [0.1, 0.15) is 26.7 Å². The van der Waals surface area contributed by atoms with Crippen molar-refractivity contribution in [1.82, 2.24) is 5.32 Å². The molecule has 4 nitrogen and oxygen atoms in total. The number of thioether (sulfide) groups is 1. The first-order chi connectivity index (χ1) is 8.52. The lowest BCUT2D eigenvalue weighted by Gasteiger charge is -2.15. The molecule has 2 atom stereocenters. The van der Waals surface area contributed by atoms with E-state index in [-0.39, 0.29) is 23.5 Å². The number of carbonyl (C=O) groups excluding carboxylic acids is 2. The Morgan fingerprint density at radius 2 is 2.00 bits per heavy atom. The van der Waals surface area contributed by atoms with Gasteiger partial charge in [0.05, 0.1) is 12.6 Å². The summed E-state index contributed by atoms with van der Waals surface area (Å²) in [4.78, 5) is 23.3. The minimum Gasteiger partial charge on any atom is -0.384 e. The maximum atomic E-state index is 11.8. The molecule has 0 saturated heterocycles. The van der Waals surface area contributed by atoms with E-state index in [0.717, 1.165) is 24.5 Å². The molecule has 18 heavy (non-hydrogen) atoms. The topological polar surface area (TPSA) is 55.4 Å². The van der Waals surface area contributed by atoms with Crippen LogP contribution in [-0.4, -0.2) is 49.9 Å². The molecule has 106 valence electrons. The maximum absolute atomic E-state index is 11.8. The van der Waals surface area contributed by atoms with Gasteiger partial charge in [0.25, 0.3) is 0 Å². The molecule has 0 rings (SSSR count). The van der Waals surface area contributed by atoms with Gasteiger partial charge in [-0.1, -0.05) is 0 Å². The minimum atomic E-state index is -0.173. The molecule has 0 aromatic heterocycles. The third-order valence-electron chi connectivity index (χ3n) is 2.98. The molecule has 0 aliphatic carbocycles. The van der Waals surface area contributed by atoms with E-state index < -0.39 is 0 Å². The number of hydrogen-bond donors (Lipinski definition) is 1. The van der Waals surface area contributed by atoms with E-state index in [0.29, 0.717) is 6.42 Å². The monoisotopic (exact) mass is 275 g/mol. The molecule has 0 bridgehead atoms. The number of ether oxygens (including phenoxy) is 1. The zero-order valence-electron chi connectivity index (χ0n) is 11.8. The van der Waals surface area contributed by atoms with Gasteiger partial charge < -0.3 is 10.1 Å². The molecular weight excluding hydrogens is 250 g/mol. The fraction of sp³-hybridized carbons (Fsp3) is 0.846. The second-order valence-electron chi connectivity index (χ2n) is 4.38. The normalized spacial score (nSPS) is 14.2. The number of ketones is 2. The van der Waals surface area contributed by atoms with Crippen molar-refractivity contribution >= 4 is 23.3 Å². The average Bonchev–Trinajstić information content (AvgIpc) is 2.35. The van der Waals surface area contributed by atoms with Crippen molar-refractivity contribution in [1.29, 1.82) is 0 Å². The maximum Gasteiger partial charge on any atom is 0.150 e. The Labute approximate surface area is 114 Å². The Balaban J connectivity index is 4.00. The molecule has 0 aliphatic heterocycles. The lowest BCUT2D eigenvalue weighted by Crippen LogP contribution is -2.33. The molecule has 1 unspecified atom stereocenters. The largest absolute Gasteiger partial charge is 0.384 e. The zero-order chi connectivity index (χ0) is 14.0. The first kappa shape index (κ1) is 17.6. The van der Waals surface area contributed by atoms with Crippen LogP contribution in [0.5, 0.6) is 0 Å². The molecule has 0 heterocycles. The van der Waals surface area contributed by atoms with Gasteiger partial charge in [0, 0.05) is 25.2 Å². The summed E-state index contributed by atoms with van der Waals surface area (Å²) in [6.45, 7) is 4.12. The van der Waals surface area contributed by atoms with Crippen LogP contribution in [0.25, 0.3) is 0 Å². The molecule has 1 N–H and O–H groups in total. The Morgan fingerprint density at radius 3 is 2.50 bits per heavy atom. The van der Waals surface area contributed by atoms with E-state index >= 15 is 0 Å². The molecule has 0 aromatic rings. The third kappa shape index (κ3) is 7.84. The quantitative estimate of drug-likeness (QED) is 0.580. The number of nitrogens with one attached hydrogen (secondary N) is 1. The highest BCUT2D eigenvalue weighted by molar-refractivity contribution is 7.99. The molecule has 0 radical (unpaired) electrons. The van der Waals surface area contributed by atoms with Gasteiger partial charge >= 0.3 is 0 Å². The molecule has 0 amide bonds.